The molecule has 0 saturated carbocycles. The van der Waals surface area contributed by atoms with Gasteiger partial charge in [0.1, 0.15) is 6.54 Å². The molecule has 0 N–H and O–H groups in total. The lowest BCUT2D eigenvalue weighted by Gasteiger charge is -2.08. The van der Waals surface area contributed by atoms with E-state index >= 15 is 0 Å². The number of carbonyl (C=O) groups excluding carboxylic acids is 2. The van der Waals surface area contributed by atoms with Gasteiger partial charge in [-0.2, -0.15) is 4.99 Å². The number of methoxy groups -OCH3 is 1. The number of nitrogens with zero attached hydrogens (tertiary/aromatic N) is 2. The van der Waals surface area contributed by atoms with E-state index in [4.69, 9.17) is 14.2 Å². The topological polar surface area (TPSA) is 113 Å². The summed E-state index contributed by atoms with van der Waals surface area (Å²) in [5.74, 6) is -0.0517. The lowest BCUT2D eigenvalue weighted by molar-refractivity contribution is -0.141. The highest BCUT2D eigenvalue weighted by atomic mass is 32.2. The van der Waals surface area contributed by atoms with Crippen molar-refractivity contribution in [1.82, 2.24) is 4.57 Å². The molecule has 1 aromatic heterocycles. The van der Waals surface area contributed by atoms with Crippen molar-refractivity contribution in [2.45, 2.75) is 30.5 Å². The molecule has 2 aromatic carbocycles. The molecule has 0 fully saturated rings. The van der Waals surface area contributed by atoms with Gasteiger partial charge >= 0.3 is 5.97 Å². The molecule has 11 heteroatoms. The Balaban J connectivity index is 1.82. The number of esters is 1. The van der Waals surface area contributed by atoms with Gasteiger partial charge in [-0.25, -0.2) is 8.42 Å². The maximum atomic E-state index is 12.9. The number of carbonyl (C=O) groups is 2. The zero-order valence-corrected chi connectivity index (χ0v) is 19.2. The average Bonchev–Trinajstić information content (AvgIpc) is 3.35. The lowest BCUT2D eigenvalue weighted by Crippen LogP contribution is -2.22. The molecular formula is C21H20N2O7S2. The number of amides is 1. The monoisotopic (exact) mass is 476 g/mol. The number of benzene rings is 2. The molecular weight excluding hydrogens is 456 g/mol. The van der Waals surface area contributed by atoms with Crippen molar-refractivity contribution in [3.05, 3.63) is 46.8 Å². The number of hydrogen-bond donors (Lipinski definition) is 0. The van der Waals surface area contributed by atoms with E-state index in [9.17, 15) is 18.0 Å². The van der Waals surface area contributed by atoms with Crippen molar-refractivity contribution in [2.75, 3.05) is 13.9 Å². The quantitative estimate of drug-likeness (QED) is 0.520. The highest BCUT2D eigenvalue weighted by molar-refractivity contribution is 7.92. The Hall–Kier alpha value is -3.18. The molecule has 0 spiro atoms. The number of hydrogen-bond acceptors (Lipinski definition) is 8. The van der Waals surface area contributed by atoms with Crippen LogP contribution in [0.25, 0.3) is 10.2 Å². The predicted molar refractivity (Wildman–Crippen MR) is 117 cm³/mol. The molecule has 3 aromatic rings. The van der Waals surface area contributed by atoms with E-state index in [0.717, 1.165) is 4.70 Å². The Morgan fingerprint density at radius 2 is 1.91 bits per heavy atom. The number of aromatic nitrogens is 1. The highest BCUT2D eigenvalue weighted by Gasteiger charge is 2.22. The van der Waals surface area contributed by atoms with Crippen LogP contribution < -0.4 is 14.3 Å². The van der Waals surface area contributed by atoms with Crippen LogP contribution in [0.4, 0.5) is 0 Å². The summed E-state index contributed by atoms with van der Waals surface area (Å²) in [7, 11) is -2.27. The summed E-state index contributed by atoms with van der Waals surface area (Å²) in [6.07, 6.45) is 0. The van der Waals surface area contributed by atoms with E-state index in [1.165, 1.54) is 42.7 Å². The molecule has 1 aliphatic rings. The van der Waals surface area contributed by atoms with Gasteiger partial charge in [-0.3, -0.25) is 9.59 Å². The first-order chi connectivity index (χ1) is 15.2. The molecule has 0 atom stereocenters. The first-order valence-corrected chi connectivity index (χ1v) is 12.0. The lowest BCUT2D eigenvalue weighted by atomic mass is 10.2. The van der Waals surface area contributed by atoms with Crippen molar-refractivity contribution >= 4 is 43.3 Å². The fourth-order valence-electron chi connectivity index (χ4n) is 3.12. The van der Waals surface area contributed by atoms with Crippen molar-refractivity contribution in [3.63, 3.8) is 0 Å². The number of thiazole rings is 1. The van der Waals surface area contributed by atoms with Gasteiger partial charge in [-0.15, -0.1) is 0 Å². The Labute approximate surface area is 187 Å². The van der Waals surface area contributed by atoms with Gasteiger partial charge in [0.25, 0.3) is 5.91 Å². The van der Waals surface area contributed by atoms with E-state index in [-0.39, 0.29) is 28.6 Å². The van der Waals surface area contributed by atoms with Gasteiger partial charge < -0.3 is 18.8 Å². The first-order valence-electron chi connectivity index (χ1n) is 9.63. The van der Waals surface area contributed by atoms with E-state index in [1.54, 1.807) is 30.5 Å². The summed E-state index contributed by atoms with van der Waals surface area (Å²) in [6.45, 7) is 3.09. The van der Waals surface area contributed by atoms with Gasteiger partial charge in [0.05, 0.1) is 27.5 Å². The second kappa shape index (κ2) is 8.40. The van der Waals surface area contributed by atoms with Crippen LogP contribution in [0, 0.1) is 0 Å². The van der Waals surface area contributed by atoms with Crippen LogP contribution in [0.15, 0.2) is 46.3 Å². The van der Waals surface area contributed by atoms with E-state index < -0.39 is 27.0 Å². The average molecular weight is 477 g/mol. The first kappa shape index (κ1) is 22.0. The minimum absolute atomic E-state index is 0.0538. The maximum absolute atomic E-state index is 12.9. The normalized spacial score (nSPS) is 13.7. The Bertz CT molecular complexity index is 1400. The standard InChI is InChI=1S/C21H20N2O7S2/c1-12(2)32(26,27)14-6-4-5-13(7-14)20(25)22-21-23(10-19(24)28-3)15-8-16-17(30-11-29-16)9-18(15)31-21/h4-9,12H,10-11H2,1-3H3. The molecule has 1 aliphatic heterocycles. The summed E-state index contributed by atoms with van der Waals surface area (Å²) in [5.41, 5.74) is 0.760. The third kappa shape index (κ3) is 4.00. The second-order valence-electron chi connectivity index (χ2n) is 7.26. The van der Waals surface area contributed by atoms with Gasteiger partial charge in [-0.1, -0.05) is 17.4 Å². The van der Waals surface area contributed by atoms with Crippen LogP contribution in [0.1, 0.15) is 24.2 Å². The van der Waals surface area contributed by atoms with Crippen LogP contribution in [0.3, 0.4) is 0 Å². The second-order valence-corrected chi connectivity index (χ2v) is 10.8. The summed E-state index contributed by atoms with van der Waals surface area (Å²) in [6, 6.07) is 9.25. The van der Waals surface area contributed by atoms with Gasteiger partial charge in [0.2, 0.25) is 6.79 Å². The minimum atomic E-state index is -3.55. The van der Waals surface area contributed by atoms with E-state index in [1.807, 2.05) is 0 Å². The van der Waals surface area contributed by atoms with Crippen LogP contribution in [0.2, 0.25) is 0 Å². The molecule has 0 radical (unpaired) electrons. The van der Waals surface area contributed by atoms with Gasteiger partial charge in [-0.05, 0) is 32.0 Å². The molecule has 0 unspecified atom stereocenters. The van der Waals surface area contributed by atoms with Crippen molar-refractivity contribution in [3.8, 4) is 11.5 Å². The summed E-state index contributed by atoms with van der Waals surface area (Å²) in [5, 5.41) is -0.624. The van der Waals surface area contributed by atoms with E-state index in [0.29, 0.717) is 17.0 Å². The number of rotatable bonds is 5. The van der Waals surface area contributed by atoms with Crippen molar-refractivity contribution in [1.29, 1.82) is 0 Å². The maximum Gasteiger partial charge on any atom is 0.325 e. The van der Waals surface area contributed by atoms with Crippen LogP contribution in [0.5, 0.6) is 11.5 Å². The molecule has 9 nitrogen and oxygen atoms in total. The Morgan fingerprint density at radius 1 is 1.19 bits per heavy atom. The molecule has 0 saturated heterocycles. The van der Waals surface area contributed by atoms with Crippen molar-refractivity contribution in [2.24, 2.45) is 4.99 Å². The summed E-state index contributed by atoms with van der Waals surface area (Å²) in [4.78, 5) is 29.4. The third-order valence-electron chi connectivity index (χ3n) is 4.92. The summed E-state index contributed by atoms with van der Waals surface area (Å²) < 4.78 is 42.8. The van der Waals surface area contributed by atoms with Gasteiger partial charge in [0, 0.05) is 17.7 Å². The fraction of sp³-hybridized carbons (Fsp3) is 0.286. The SMILES string of the molecule is COC(=O)Cn1c(=NC(=O)c2cccc(S(=O)(=O)C(C)C)c2)sc2cc3c(cc21)OCO3. The zero-order chi connectivity index (χ0) is 23.0. The van der Waals surface area contributed by atoms with E-state index in [2.05, 4.69) is 4.99 Å². The molecule has 32 heavy (non-hydrogen) atoms. The molecule has 2 heterocycles. The summed E-state index contributed by atoms with van der Waals surface area (Å²) >= 11 is 1.19. The van der Waals surface area contributed by atoms with Gasteiger partial charge in [0.15, 0.2) is 26.1 Å². The Morgan fingerprint density at radius 3 is 2.59 bits per heavy atom. The van der Waals surface area contributed by atoms with Crippen molar-refractivity contribution < 1.29 is 32.2 Å². The third-order valence-corrected chi connectivity index (χ3v) is 8.11. The number of fused-ring (bicyclic) bond motifs is 2. The molecule has 168 valence electrons. The van der Waals surface area contributed by atoms with Crippen LogP contribution >= 0.6 is 11.3 Å². The van der Waals surface area contributed by atoms with Crippen LogP contribution in [-0.4, -0.2) is 44.0 Å². The number of ether oxygens (including phenoxy) is 3. The molecule has 0 aliphatic carbocycles. The molecule has 0 bridgehead atoms. The van der Waals surface area contributed by atoms with Crippen LogP contribution in [-0.2, 0) is 25.9 Å². The molecule has 4 rings (SSSR count). The zero-order valence-electron chi connectivity index (χ0n) is 17.5. The highest BCUT2D eigenvalue weighted by Crippen LogP contribution is 2.37. The Kier molecular flexibility index (Phi) is 5.78. The number of sulfone groups is 1. The molecule has 1 amide bonds. The minimum Gasteiger partial charge on any atom is -0.468 e. The largest absolute Gasteiger partial charge is 0.468 e. The predicted octanol–water partition coefficient (Wildman–Crippen LogP) is 2.53. The smallest absolute Gasteiger partial charge is 0.325 e. The fourth-order valence-corrected chi connectivity index (χ4v) is 5.26.